The zero-order chi connectivity index (χ0) is 39.9. The molecule has 1 heterocycles. The first kappa shape index (κ1) is 42.0. The fraction of sp³-hybridized carbons (Fsp3) is 0.386. The molecular formula is C44H52N2O10. The Bertz CT molecular complexity index is 1790. The summed E-state index contributed by atoms with van der Waals surface area (Å²) < 4.78 is 42.8. The van der Waals surface area contributed by atoms with E-state index in [-0.39, 0.29) is 32.8 Å². The molecule has 0 spiro atoms. The number of nitrogens with one attached hydrogen (secondary N) is 1. The monoisotopic (exact) mass is 768 g/mol. The van der Waals surface area contributed by atoms with E-state index in [0.717, 1.165) is 22.3 Å². The average Bonchev–Trinajstić information content (AvgIpc) is 3.19. The molecule has 56 heavy (non-hydrogen) atoms. The molecule has 1 aliphatic heterocycles. The molecule has 0 saturated carbocycles. The number of ether oxygens (including phenoxy) is 7. The van der Waals surface area contributed by atoms with Gasteiger partial charge in [0.2, 0.25) is 6.29 Å². The van der Waals surface area contributed by atoms with Crippen LogP contribution in [0.5, 0.6) is 0 Å². The lowest BCUT2D eigenvalue weighted by Gasteiger charge is -2.47. The third-order valence-corrected chi connectivity index (χ3v) is 9.04. The van der Waals surface area contributed by atoms with Crippen LogP contribution in [0.2, 0.25) is 0 Å². The van der Waals surface area contributed by atoms with E-state index >= 15 is 0 Å². The highest BCUT2D eigenvalue weighted by atomic mass is 16.7. The fourth-order valence-corrected chi connectivity index (χ4v) is 6.33. The van der Waals surface area contributed by atoms with E-state index in [2.05, 4.69) is 5.32 Å². The normalized spacial score (nSPS) is 20.6. The maximum absolute atomic E-state index is 14.3. The van der Waals surface area contributed by atoms with Crippen molar-refractivity contribution in [3.05, 3.63) is 144 Å². The summed E-state index contributed by atoms with van der Waals surface area (Å²) in [4.78, 5) is 40.6. The average molecular weight is 769 g/mol. The predicted octanol–water partition coefficient (Wildman–Crippen LogP) is 5.89. The summed E-state index contributed by atoms with van der Waals surface area (Å²) in [6.07, 6.45) is -4.96. The second-order valence-electron chi connectivity index (χ2n) is 14.5. The van der Waals surface area contributed by atoms with Gasteiger partial charge < -0.3 is 44.2 Å². The molecule has 1 amide bonds. The lowest BCUT2D eigenvalue weighted by Crippen LogP contribution is -2.64. The minimum atomic E-state index is -1.47. The Morgan fingerprint density at radius 3 is 1.68 bits per heavy atom. The van der Waals surface area contributed by atoms with E-state index in [9.17, 15) is 14.4 Å². The van der Waals surface area contributed by atoms with Gasteiger partial charge >= 0.3 is 18.0 Å². The zero-order valence-electron chi connectivity index (χ0n) is 32.3. The van der Waals surface area contributed by atoms with E-state index < -0.39 is 66.2 Å². The smallest absolute Gasteiger partial charge is 0.408 e. The van der Waals surface area contributed by atoms with Crippen LogP contribution in [-0.4, -0.2) is 74.0 Å². The van der Waals surface area contributed by atoms with Crippen molar-refractivity contribution < 1.29 is 47.5 Å². The van der Waals surface area contributed by atoms with Crippen LogP contribution in [0.3, 0.4) is 0 Å². The maximum atomic E-state index is 14.3. The summed E-state index contributed by atoms with van der Waals surface area (Å²) in [7, 11) is 1.22. The largest absolute Gasteiger partial charge is 0.468 e. The molecule has 0 aromatic heterocycles. The van der Waals surface area contributed by atoms with Crippen molar-refractivity contribution in [2.75, 3.05) is 13.7 Å². The first-order valence-electron chi connectivity index (χ1n) is 18.7. The van der Waals surface area contributed by atoms with Crippen LogP contribution in [0, 0.1) is 5.92 Å². The van der Waals surface area contributed by atoms with Crippen LogP contribution in [0.15, 0.2) is 121 Å². The Kier molecular flexibility index (Phi) is 15.5. The van der Waals surface area contributed by atoms with Crippen molar-refractivity contribution in [3.63, 3.8) is 0 Å². The molecular weight excluding hydrogens is 716 g/mol. The molecule has 7 atom stereocenters. The second-order valence-corrected chi connectivity index (χ2v) is 14.5. The molecule has 3 N–H and O–H groups in total. The van der Waals surface area contributed by atoms with E-state index in [1.807, 2.05) is 121 Å². The summed E-state index contributed by atoms with van der Waals surface area (Å²) in [5, 5.41) is 2.66. The molecule has 0 bridgehead atoms. The molecule has 1 aliphatic rings. The molecule has 1 saturated heterocycles. The Balaban J connectivity index is 1.51. The van der Waals surface area contributed by atoms with Crippen LogP contribution < -0.4 is 11.1 Å². The second kappa shape index (κ2) is 20.7. The van der Waals surface area contributed by atoms with Gasteiger partial charge in [-0.3, -0.25) is 4.79 Å². The summed E-state index contributed by atoms with van der Waals surface area (Å²) in [6, 6.07) is 35.2. The lowest BCUT2D eigenvalue weighted by molar-refractivity contribution is -0.300. The summed E-state index contributed by atoms with van der Waals surface area (Å²) >= 11 is 0. The number of rotatable bonds is 17. The Labute approximate surface area is 328 Å². The van der Waals surface area contributed by atoms with Gasteiger partial charge in [0.1, 0.15) is 29.9 Å². The molecule has 12 heteroatoms. The Morgan fingerprint density at radius 2 is 1.18 bits per heavy atom. The number of carbonyl (C=O) groups is 3. The molecule has 1 fully saturated rings. The molecule has 0 unspecified atom stereocenters. The summed E-state index contributed by atoms with van der Waals surface area (Å²) in [5.74, 6) is -2.76. The van der Waals surface area contributed by atoms with E-state index in [4.69, 9.17) is 38.9 Å². The lowest BCUT2D eigenvalue weighted by atomic mass is 9.85. The molecule has 298 valence electrons. The standard InChI is InChI=1S/C44H52N2O10/c1-44(2,3)56-43(49)46-34(25-30-17-9-5-10-18-30)40(47)55-42-36(37(45)41(48)50-4)39(53-28-33-23-15-8-16-24-33)38(52-27-32-21-13-7-14-22-32)35(54-42)29-51-26-31-19-11-6-12-20-31/h5-24,34-39,42H,25-29,45H2,1-4H3,(H,46,49)/t34-,35+,36+,37+,38+,39+,42-/m0/s1. The van der Waals surface area contributed by atoms with Crippen molar-refractivity contribution in [1.29, 1.82) is 0 Å². The van der Waals surface area contributed by atoms with Crippen molar-refractivity contribution in [2.24, 2.45) is 11.7 Å². The Morgan fingerprint density at radius 1 is 0.696 bits per heavy atom. The topological polar surface area (TPSA) is 154 Å². The number of hydrogen-bond donors (Lipinski definition) is 2. The van der Waals surface area contributed by atoms with Crippen molar-refractivity contribution in [1.82, 2.24) is 5.32 Å². The highest BCUT2D eigenvalue weighted by Crippen LogP contribution is 2.35. The van der Waals surface area contributed by atoms with Crippen molar-refractivity contribution in [3.8, 4) is 0 Å². The van der Waals surface area contributed by atoms with Gasteiger partial charge in [0.25, 0.3) is 0 Å². The maximum Gasteiger partial charge on any atom is 0.408 e. The SMILES string of the molecule is COC(=O)[C@H](N)[C@H]1[C@H](OC(=O)[C@H](Cc2ccccc2)NC(=O)OC(C)(C)C)O[C@H](COCc2ccccc2)[C@@H](OCc2ccccc2)[C@@H]1OCc1ccccc1. The van der Waals surface area contributed by atoms with Gasteiger partial charge in [-0.05, 0) is 43.0 Å². The van der Waals surface area contributed by atoms with Gasteiger partial charge in [0, 0.05) is 6.42 Å². The number of amides is 1. The van der Waals surface area contributed by atoms with Crippen molar-refractivity contribution in [2.45, 2.75) is 89.3 Å². The molecule has 12 nitrogen and oxygen atoms in total. The number of esters is 2. The van der Waals surface area contributed by atoms with E-state index in [1.54, 1.807) is 20.8 Å². The fourth-order valence-electron chi connectivity index (χ4n) is 6.33. The third kappa shape index (κ3) is 12.7. The molecule has 4 aromatic carbocycles. The number of methoxy groups -OCH3 is 1. The minimum absolute atomic E-state index is 0.00260. The van der Waals surface area contributed by atoms with Crippen LogP contribution >= 0.6 is 0 Å². The minimum Gasteiger partial charge on any atom is -0.468 e. The van der Waals surface area contributed by atoms with Gasteiger partial charge in [-0.2, -0.15) is 0 Å². The zero-order valence-corrected chi connectivity index (χ0v) is 32.3. The van der Waals surface area contributed by atoms with Gasteiger partial charge in [-0.1, -0.05) is 121 Å². The van der Waals surface area contributed by atoms with Gasteiger partial charge in [0.05, 0.1) is 45.6 Å². The van der Waals surface area contributed by atoms with Gasteiger partial charge in [-0.15, -0.1) is 0 Å². The van der Waals surface area contributed by atoms with Crippen LogP contribution in [0.25, 0.3) is 0 Å². The van der Waals surface area contributed by atoms with Crippen LogP contribution in [0.4, 0.5) is 4.79 Å². The van der Waals surface area contributed by atoms with E-state index in [0.29, 0.717) is 0 Å². The quantitative estimate of drug-likeness (QED) is 0.0976. The first-order chi connectivity index (χ1) is 27.0. The summed E-state index contributed by atoms with van der Waals surface area (Å²) in [6.45, 7) is 5.69. The number of benzene rings is 4. The number of alkyl carbamates (subject to hydrolysis) is 1. The van der Waals surface area contributed by atoms with Crippen LogP contribution in [0.1, 0.15) is 43.0 Å². The van der Waals surface area contributed by atoms with Crippen LogP contribution in [-0.2, 0) is 69.0 Å². The highest BCUT2D eigenvalue weighted by molar-refractivity contribution is 5.82. The number of nitrogens with two attached hydrogens (primary N) is 1. The van der Waals surface area contributed by atoms with Gasteiger partial charge in [0.15, 0.2) is 0 Å². The number of hydrogen-bond acceptors (Lipinski definition) is 11. The van der Waals surface area contributed by atoms with Crippen molar-refractivity contribution >= 4 is 18.0 Å². The molecule has 0 radical (unpaired) electrons. The predicted molar refractivity (Wildman–Crippen MR) is 208 cm³/mol. The molecule has 5 rings (SSSR count). The Hall–Kier alpha value is -5.11. The van der Waals surface area contributed by atoms with Gasteiger partial charge in [-0.25, -0.2) is 9.59 Å². The highest BCUT2D eigenvalue weighted by Gasteiger charge is 2.53. The first-order valence-corrected chi connectivity index (χ1v) is 18.7. The van der Waals surface area contributed by atoms with E-state index in [1.165, 1.54) is 7.11 Å². The summed E-state index contributed by atoms with van der Waals surface area (Å²) in [5.41, 5.74) is 9.26. The molecule has 0 aliphatic carbocycles. The molecule has 4 aromatic rings. The third-order valence-electron chi connectivity index (χ3n) is 9.04. The number of carbonyl (C=O) groups excluding carboxylic acids is 3.